The standard InChI is InChI=1S/C24H25N3O4/c1-15-3-4-19-18(13-22(29)31-20(19)11-15)12-21(28)27-8-6-24(7-9-27)23-17(5-10-30-24)14-25-16(2)26-23/h3-4,11,13-14H,5-10,12H2,1-2H3. The lowest BCUT2D eigenvalue weighted by molar-refractivity contribution is -0.140. The fourth-order valence-corrected chi connectivity index (χ4v) is 4.75. The number of hydrogen-bond donors (Lipinski definition) is 0. The second kappa shape index (κ2) is 7.57. The summed E-state index contributed by atoms with van der Waals surface area (Å²) in [5, 5.41) is 0.809. The van der Waals surface area contributed by atoms with Crippen molar-refractivity contribution in [3.05, 3.63) is 69.1 Å². The molecule has 1 aromatic carbocycles. The molecule has 4 heterocycles. The van der Waals surface area contributed by atoms with Gasteiger partial charge in [0.15, 0.2) is 0 Å². The van der Waals surface area contributed by atoms with Crippen LogP contribution in [0.15, 0.2) is 39.7 Å². The fraction of sp³-hybridized carbons (Fsp3) is 0.417. The van der Waals surface area contributed by atoms with Gasteiger partial charge < -0.3 is 14.1 Å². The Labute approximate surface area is 180 Å². The Bertz CT molecular complexity index is 1230. The number of ether oxygens (including phenoxy) is 1. The molecule has 2 aliphatic heterocycles. The zero-order valence-corrected chi connectivity index (χ0v) is 17.8. The summed E-state index contributed by atoms with van der Waals surface area (Å²) in [6.45, 7) is 5.68. The van der Waals surface area contributed by atoms with E-state index < -0.39 is 11.2 Å². The maximum atomic E-state index is 13.1. The van der Waals surface area contributed by atoms with Crippen molar-refractivity contribution in [2.24, 2.45) is 0 Å². The van der Waals surface area contributed by atoms with Crippen LogP contribution in [0, 0.1) is 13.8 Å². The molecule has 0 aliphatic carbocycles. The van der Waals surface area contributed by atoms with Crippen molar-refractivity contribution < 1.29 is 13.9 Å². The lowest BCUT2D eigenvalue weighted by Crippen LogP contribution is -2.49. The van der Waals surface area contributed by atoms with Gasteiger partial charge in [0.05, 0.1) is 18.7 Å². The van der Waals surface area contributed by atoms with E-state index in [-0.39, 0.29) is 12.3 Å². The zero-order chi connectivity index (χ0) is 21.6. The van der Waals surface area contributed by atoms with Crippen LogP contribution in [-0.4, -0.2) is 40.5 Å². The van der Waals surface area contributed by atoms with Gasteiger partial charge in [-0.25, -0.2) is 14.8 Å². The number of aromatic nitrogens is 2. The van der Waals surface area contributed by atoms with Gasteiger partial charge in [0.2, 0.25) is 5.91 Å². The molecule has 0 atom stereocenters. The molecule has 7 nitrogen and oxygen atoms in total. The van der Waals surface area contributed by atoms with Crippen LogP contribution in [0.2, 0.25) is 0 Å². The summed E-state index contributed by atoms with van der Waals surface area (Å²) in [7, 11) is 0. The Morgan fingerprint density at radius 1 is 1.19 bits per heavy atom. The molecule has 0 radical (unpaired) electrons. The quantitative estimate of drug-likeness (QED) is 0.594. The molecular formula is C24H25N3O4. The van der Waals surface area contributed by atoms with Gasteiger partial charge >= 0.3 is 5.63 Å². The first kappa shape index (κ1) is 19.9. The third kappa shape index (κ3) is 3.63. The summed E-state index contributed by atoms with van der Waals surface area (Å²) >= 11 is 0. The summed E-state index contributed by atoms with van der Waals surface area (Å²) in [6.07, 6.45) is 4.32. The predicted molar refractivity (Wildman–Crippen MR) is 115 cm³/mol. The van der Waals surface area contributed by atoms with Gasteiger partial charge in [-0.2, -0.15) is 0 Å². The minimum atomic E-state index is -0.434. The van der Waals surface area contributed by atoms with Crippen LogP contribution in [0.3, 0.4) is 0 Å². The summed E-state index contributed by atoms with van der Waals surface area (Å²) in [4.78, 5) is 36.0. The molecule has 1 saturated heterocycles. The average Bonchev–Trinajstić information content (AvgIpc) is 2.74. The Morgan fingerprint density at radius 3 is 2.81 bits per heavy atom. The number of hydrogen-bond acceptors (Lipinski definition) is 6. The first-order valence-corrected chi connectivity index (χ1v) is 10.7. The van der Waals surface area contributed by atoms with Crippen molar-refractivity contribution in [2.45, 2.75) is 45.1 Å². The van der Waals surface area contributed by atoms with Crippen molar-refractivity contribution in [1.29, 1.82) is 0 Å². The fourth-order valence-electron chi connectivity index (χ4n) is 4.75. The molecule has 1 amide bonds. The van der Waals surface area contributed by atoms with E-state index in [9.17, 15) is 9.59 Å². The topological polar surface area (TPSA) is 85.5 Å². The number of nitrogens with zero attached hydrogens (tertiary/aromatic N) is 3. The number of fused-ring (bicyclic) bond motifs is 3. The van der Waals surface area contributed by atoms with Gasteiger partial charge in [-0.05, 0) is 55.9 Å². The predicted octanol–water partition coefficient (Wildman–Crippen LogP) is 2.83. The van der Waals surface area contributed by atoms with E-state index in [0.717, 1.165) is 34.5 Å². The second-order valence-electron chi connectivity index (χ2n) is 8.53. The highest BCUT2D eigenvalue weighted by Crippen LogP contribution is 2.40. The highest BCUT2D eigenvalue weighted by atomic mass is 16.5. The van der Waals surface area contributed by atoms with E-state index in [1.807, 2.05) is 43.1 Å². The number of rotatable bonds is 2. The monoisotopic (exact) mass is 419 g/mol. The lowest BCUT2D eigenvalue weighted by Gasteiger charge is -2.44. The summed E-state index contributed by atoms with van der Waals surface area (Å²) in [5.74, 6) is 0.754. The molecular weight excluding hydrogens is 394 g/mol. The van der Waals surface area contributed by atoms with Gasteiger partial charge in [-0.1, -0.05) is 12.1 Å². The van der Waals surface area contributed by atoms with Gasteiger partial charge in [0.1, 0.15) is 17.0 Å². The molecule has 3 aromatic rings. The molecule has 160 valence electrons. The molecule has 5 rings (SSSR count). The minimum Gasteiger partial charge on any atom is -0.423 e. The van der Waals surface area contributed by atoms with Crippen LogP contribution < -0.4 is 5.63 Å². The third-order valence-electron chi connectivity index (χ3n) is 6.42. The van der Waals surface area contributed by atoms with Crippen molar-refractivity contribution >= 4 is 16.9 Å². The minimum absolute atomic E-state index is 0.0113. The number of likely N-dealkylation sites (tertiary alicyclic amines) is 1. The van der Waals surface area contributed by atoms with E-state index in [1.165, 1.54) is 6.07 Å². The summed E-state index contributed by atoms with van der Waals surface area (Å²) in [5.41, 5.74) is 3.51. The maximum Gasteiger partial charge on any atom is 0.336 e. The normalized spacial score (nSPS) is 17.7. The van der Waals surface area contributed by atoms with Crippen LogP contribution in [0.4, 0.5) is 0 Å². The second-order valence-corrected chi connectivity index (χ2v) is 8.53. The molecule has 1 fully saturated rings. The van der Waals surface area contributed by atoms with Crippen molar-refractivity contribution in [2.75, 3.05) is 19.7 Å². The number of aryl methyl sites for hydroxylation is 2. The molecule has 2 aromatic heterocycles. The highest BCUT2D eigenvalue weighted by molar-refractivity contribution is 5.87. The Morgan fingerprint density at radius 2 is 2.00 bits per heavy atom. The largest absolute Gasteiger partial charge is 0.423 e. The van der Waals surface area contributed by atoms with Crippen LogP contribution in [0.25, 0.3) is 11.0 Å². The van der Waals surface area contributed by atoms with E-state index in [1.54, 1.807) is 0 Å². The highest BCUT2D eigenvalue weighted by Gasteiger charge is 2.43. The van der Waals surface area contributed by atoms with E-state index in [4.69, 9.17) is 14.1 Å². The molecule has 0 unspecified atom stereocenters. The Balaban J connectivity index is 1.35. The molecule has 0 N–H and O–H groups in total. The van der Waals surface area contributed by atoms with E-state index in [2.05, 4.69) is 4.98 Å². The molecule has 31 heavy (non-hydrogen) atoms. The molecule has 2 aliphatic rings. The molecule has 0 bridgehead atoms. The average molecular weight is 419 g/mol. The van der Waals surface area contributed by atoms with Gasteiger partial charge in [0, 0.05) is 30.7 Å². The van der Waals surface area contributed by atoms with Gasteiger partial charge in [-0.3, -0.25) is 4.79 Å². The Kier molecular flexibility index (Phi) is 4.85. The first-order chi connectivity index (χ1) is 14.9. The smallest absolute Gasteiger partial charge is 0.336 e. The maximum absolute atomic E-state index is 13.1. The number of amides is 1. The summed E-state index contributed by atoms with van der Waals surface area (Å²) in [6, 6.07) is 7.14. The number of carbonyl (C=O) groups is 1. The molecule has 7 heteroatoms. The Hall–Kier alpha value is -3.06. The zero-order valence-electron chi connectivity index (χ0n) is 17.8. The summed E-state index contributed by atoms with van der Waals surface area (Å²) < 4.78 is 11.6. The van der Waals surface area contributed by atoms with Gasteiger partial charge in [0.25, 0.3) is 0 Å². The molecule has 1 spiro atoms. The van der Waals surface area contributed by atoms with Gasteiger partial charge in [-0.15, -0.1) is 0 Å². The van der Waals surface area contributed by atoms with Crippen LogP contribution in [-0.2, 0) is 28.0 Å². The van der Waals surface area contributed by atoms with E-state index in [0.29, 0.717) is 43.7 Å². The first-order valence-electron chi connectivity index (χ1n) is 10.7. The van der Waals surface area contributed by atoms with Crippen LogP contribution in [0.1, 0.15) is 41.1 Å². The number of benzene rings is 1. The van der Waals surface area contributed by atoms with Crippen molar-refractivity contribution in [1.82, 2.24) is 14.9 Å². The van der Waals surface area contributed by atoms with Crippen molar-refractivity contribution in [3.63, 3.8) is 0 Å². The van der Waals surface area contributed by atoms with E-state index >= 15 is 0 Å². The SMILES string of the molecule is Cc1ccc2c(CC(=O)N3CCC4(CC3)OCCc3cnc(C)nc34)cc(=O)oc2c1. The number of piperidine rings is 1. The number of carbonyl (C=O) groups excluding carboxylic acids is 1. The third-order valence-corrected chi connectivity index (χ3v) is 6.42. The van der Waals surface area contributed by atoms with Crippen molar-refractivity contribution in [3.8, 4) is 0 Å². The lowest BCUT2D eigenvalue weighted by atomic mass is 9.83. The van der Waals surface area contributed by atoms with Crippen LogP contribution in [0.5, 0.6) is 0 Å². The molecule has 0 saturated carbocycles. The van der Waals surface area contributed by atoms with Crippen LogP contribution >= 0.6 is 0 Å².